The third-order valence-corrected chi connectivity index (χ3v) is 4.96. The van der Waals surface area contributed by atoms with Crippen molar-refractivity contribution in [2.75, 3.05) is 25.6 Å². The molecule has 3 rings (SSSR count). The monoisotopic (exact) mass is 421 g/mol. The second-order valence-corrected chi connectivity index (χ2v) is 7.20. The van der Waals surface area contributed by atoms with Gasteiger partial charge in [0.1, 0.15) is 18.1 Å². The number of nitrogens with zero attached hydrogens (tertiary/aromatic N) is 2. The summed E-state index contributed by atoms with van der Waals surface area (Å²) in [6, 6.07) is 13.8. The highest BCUT2D eigenvalue weighted by atomic mass is 16.5. The van der Waals surface area contributed by atoms with Crippen molar-refractivity contribution in [3.8, 4) is 11.5 Å². The van der Waals surface area contributed by atoms with Gasteiger partial charge in [-0.1, -0.05) is 30.3 Å². The number of methoxy groups -OCH3 is 1. The van der Waals surface area contributed by atoms with E-state index in [0.29, 0.717) is 37.6 Å². The van der Waals surface area contributed by atoms with Gasteiger partial charge in [0, 0.05) is 6.20 Å². The maximum absolute atomic E-state index is 11.6. The zero-order valence-electron chi connectivity index (χ0n) is 18.0. The molecule has 0 fully saturated rings. The molecule has 0 saturated heterocycles. The topological polar surface area (TPSA) is 93.6 Å². The van der Waals surface area contributed by atoms with Gasteiger partial charge in [0.15, 0.2) is 0 Å². The molecular formula is C24H27N3O4. The van der Waals surface area contributed by atoms with Crippen molar-refractivity contribution in [1.29, 1.82) is 0 Å². The third kappa shape index (κ3) is 5.94. The summed E-state index contributed by atoms with van der Waals surface area (Å²) in [6.45, 7) is 4.91. The number of aromatic nitrogens is 2. The Morgan fingerprint density at radius 1 is 1.06 bits per heavy atom. The van der Waals surface area contributed by atoms with Crippen molar-refractivity contribution >= 4 is 11.9 Å². The highest BCUT2D eigenvalue weighted by Gasteiger charge is 2.14. The highest BCUT2D eigenvalue weighted by molar-refractivity contribution is 5.88. The molecule has 1 heterocycles. The van der Waals surface area contributed by atoms with Crippen LogP contribution in [0, 0.1) is 13.8 Å². The normalized spacial score (nSPS) is 10.5. The SMILES string of the molecule is COc1cc(CCc2nc(NCCOc3ccccc3C)ncc2C(=O)O)ccc1C. The molecule has 0 unspecified atom stereocenters. The van der Waals surface area contributed by atoms with Gasteiger partial charge >= 0.3 is 5.97 Å². The Labute approximate surface area is 182 Å². The molecule has 0 radical (unpaired) electrons. The molecule has 0 amide bonds. The van der Waals surface area contributed by atoms with Crippen LogP contribution < -0.4 is 14.8 Å². The molecule has 2 aromatic carbocycles. The van der Waals surface area contributed by atoms with E-state index in [1.807, 2.05) is 56.3 Å². The Kier molecular flexibility index (Phi) is 7.43. The second-order valence-electron chi connectivity index (χ2n) is 7.20. The molecule has 0 bridgehead atoms. The van der Waals surface area contributed by atoms with E-state index < -0.39 is 5.97 Å². The smallest absolute Gasteiger partial charge is 0.339 e. The van der Waals surface area contributed by atoms with Gasteiger partial charge in [0.2, 0.25) is 5.95 Å². The first-order valence-electron chi connectivity index (χ1n) is 10.1. The number of carbonyl (C=O) groups is 1. The Morgan fingerprint density at radius 2 is 1.84 bits per heavy atom. The summed E-state index contributed by atoms with van der Waals surface area (Å²) in [7, 11) is 1.64. The molecule has 31 heavy (non-hydrogen) atoms. The largest absolute Gasteiger partial charge is 0.496 e. The average Bonchev–Trinajstić information content (AvgIpc) is 2.77. The minimum atomic E-state index is -1.04. The van der Waals surface area contributed by atoms with Crippen LogP contribution in [0.1, 0.15) is 32.7 Å². The number of hydrogen-bond acceptors (Lipinski definition) is 6. The van der Waals surface area contributed by atoms with Gasteiger partial charge in [0.05, 0.1) is 24.9 Å². The van der Waals surface area contributed by atoms with E-state index in [-0.39, 0.29) is 5.56 Å². The first-order chi connectivity index (χ1) is 15.0. The molecular weight excluding hydrogens is 394 g/mol. The lowest BCUT2D eigenvalue weighted by Gasteiger charge is -2.12. The number of carboxylic acid groups (broad SMARTS) is 1. The van der Waals surface area contributed by atoms with Crippen LogP contribution >= 0.6 is 0 Å². The number of para-hydroxylation sites is 1. The first kappa shape index (κ1) is 22.1. The van der Waals surface area contributed by atoms with Crippen LogP contribution in [0.25, 0.3) is 0 Å². The van der Waals surface area contributed by atoms with E-state index in [1.165, 1.54) is 6.20 Å². The Morgan fingerprint density at radius 3 is 2.58 bits per heavy atom. The third-order valence-electron chi connectivity index (χ3n) is 4.96. The summed E-state index contributed by atoms with van der Waals surface area (Å²) in [5.74, 6) is 0.996. The van der Waals surface area contributed by atoms with Crippen LogP contribution in [0.5, 0.6) is 11.5 Å². The predicted molar refractivity (Wildman–Crippen MR) is 119 cm³/mol. The molecule has 0 aliphatic heterocycles. The summed E-state index contributed by atoms with van der Waals surface area (Å²) >= 11 is 0. The lowest BCUT2D eigenvalue weighted by atomic mass is 10.0. The molecule has 3 aromatic rings. The number of aryl methyl sites for hydroxylation is 4. The van der Waals surface area contributed by atoms with Crippen molar-refractivity contribution in [3.63, 3.8) is 0 Å². The van der Waals surface area contributed by atoms with E-state index >= 15 is 0 Å². The maximum Gasteiger partial charge on any atom is 0.339 e. The number of carboxylic acids is 1. The van der Waals surface area contributed by atoms with Crippen LogP contribution in [-0.4, -0.2) is 41.3 Å². The lowest BCUT2D eigenvalue weighted by Crippen LogP contribution is -2.16. The van der Waals surface area contributed by atoms with Crippen molar-refractivity contribution < 1.29 is 19.4 Å². The van der Waals surface area contributed by atoms with E-state index in [2.05, 4.69) is 15.3 Å². The molecule has 7 nitrogen and oxygen atoms in total. The number of rotatable bonds is 10. The Bertz CT molecular complexity index is 1050. The second kappa shape index (κ2) is 10.4. The van der Waals surface area contributed by atoms with Crippen molar-refractivity contribution in [3.05, 3.63) is 76.6 Å². The van der Waals surface area contributed by atoms with Crippen molar-refractivity contribution in [2.24, 2.45) is 0 Å². The first-order valence-corrected chi connectivity index (χ1v) is 10.1. The molecule has 2 N–H and O–H groups in total. The number of benzene rings is 2. The van der Waals surface area contributed by atoms with Crippen LogP contribution in [0.15, 0.2) is 48.7 Å². The standard InChI is InChI=1S/C24H27N3O4/c1-16-6-4-5-7-21(16)31-13-12-25-24-26-15-19(23(28)29)20(27-24)11-10-18-9-8-17(2)22(14-18)30-3/h4-9,14-15H,10-13H2,1-3H3,(H,28,29)(H,25,26,27). The van der Waals surface area contributed by atoms with Crippen LogP contribution in [-0.2, 0) is 12.8 Å². The van der Waals surface area contributed by atoms with Crippen LogP contribution in [0.4, 0.5) is 5.95 Å². The lowest BCUT2D eigenvalue weighted by molar-refractivity contribution is 0.0694. The fourth-order valence-electron chi connectivity index (χ4n) is 3.20. The molecule has 1 aromatic heterocycles. The summed E-state index contributed by atoms with van der Waals surface area (Å²) in [6.07, 6.45) is 2.47. The van der Waals surface area contributed by atoms with Gasteiger partial charge in [-0.25, -0.2) is 14.8 Å². The van der Waals surface area contributed by atoms with E-state index in [1.54, 1.807) is 7.11 Å². The molecule has 0 aliphatic carbocycles. The van der Waals surface area contributed by atoms with E-state index in [0.717, 1.165) is 28.2 Å². The van der Waals surface area contributed by atoms with Gasteiger partial charge in [-0.05, 0) is 55.5 Å². The van der Waals surface area contributed by atoms with Crippen LogP contribution in [0.3, 0.4) is 0 Å². The fraction of sp³-hybridized carbons (Fsp3) is 0.292. The quantitative estimate of drug-likeness (QED) is 0.477. The molecule has 0 atom stereocenters. The minimum Gasteiger partial charge on any atom is -0.496 e. The number of anilines is 1. The Balaban J connectivity index is 1.63. The van der Waals surface area contributed by atoms with E-state index in [9.17, 15) is 9.90 Å². The summed E-state index contributed by atoms with van der Waals surface area (Å²) in [5.41, 5.74) is 3.78. The average molecular weight is 421 g/mol. The number of aromatic carboxylic acids is 1. The van der Waals surface area contributed by atoms with Gasteiger partial charge in [-0.3, -0.25) is 0 Å². The van der Waals surface area contributed by atoms with Gasteiger partial charge in [-0.15, -0.1) is 0 Å². The van der Waals surface area contributed by atoms with Crippen molar-refractivity contribution in [1.82, 2.24) is 9.97 Å². The summed E-state index contributed by atoms with van der Waals surface area (Å²) in [4.78, 5) is 20.2. The minimum absolute atomic E-state index is 0.112. The predicted octanol–water partition coefficient (Wildman–Crippen LogP) is 4.08. The molecule has 0 saturated carbocycles. The fourth-order valence-corrected chi connectivity index (χ4v) is 3.20. The summed E-state index contributed by atoms with van der Waals surface area (Å²) in [5, 5.41) is 12.6. The highest BCUT2D eigenvalue weighted by Crippen LogP contribution is 2.21. The van der Waals surface area contributed by atoms with Crippen LogP contribution in [0.2, 0.25) is 0 Å². The van der Waals surface area contributed by atoms with Gasteiger partial charge in [-0.2, -0.15) is 0 Å². The zero-order chi connectivity index (χ0) is 22.2. The van der Waals surface area contributed by atoms with Crippen molar-refractivity contribution in [2.45, 2.75) is 26.7 Å². The molecule has 7 heteroatoms. The zero-order valence-corrected chi connectivity index (χ0v) is 18.0. The summed E-state index contributed by atoms with van der Waals surface area (Å²) < 4.78 is 11.1. The maximum atomic E-state index is 11.6. The molecule has 0 spiro atoms. The van der Waals surface area contributed by atoms with E-state index in [4.69, 9.17) is 9.47 Å². The van der Waals surface area contributed by atoms with Gasteiger partial charge < -0.3 is 19.9 Å². The number of hydrogen-bond donors (Lipinski definition) is 2. The van der Waals surface area contributed by atoms with Gasteiger partial charge in [0.25, 0.3) is 0 Å². The Hall–Kier alpha value is -3.61. The number of nitrogens with one attached hydrogen (secondary N) is 1. The molecule has 162 valence electrons. The molecule has 0 aliphatic rings. The number of ether oxygens (including phenoxy) is 2.